The van der Waals surface area contributed by atoms with Gasteiger partial charge >= 0.3 is 5.97 Å². The fourth-order valence-corrected chi connectivity index (χ4v) is 4.09. The lowest BCUT2D eigenvalue weighted by Crippen LogP contribution is -2.46. The summed E-state index contributed by atoms with van der Waals surface area (Å²) < 4.78 is 27.9. The minimum atomic E-state index is -3.61. The molecular weight excluding hydrogens is 292 g/mol. The summed E-state index contributed by atoms with van der Waals surface area (Å²) in [5, 5.41) is 8.73. The molecule has 0 radical (unpaired) electrons. The van der Waals surface area contributed by atoms with E-state index in [9.17, 15) is 13.2 Å². The second-order valence-corrected chi connectivity index (χ2v) is 6.92. The van der Waals surface area contributed by atoms with Crippen molar-refractivity contribution in [1.82, 2.24) is 8.61 Å². The third kappa shape index (κ3) is 3.61. The fourth-order valence-electron chi connectivity index (χ4n) is 2.49. The van der Waals surface area contributed by atoms with Crippen molar-refractivity contribution in [2.45, 2.75) is 26.3 Å². The van der Waals surface area contributed by atoms with Gasteiger partial charge in [0.15, 0.2) is 0 Å². The largest absolute Gasteiger partial charge is 0.481 e. The van der Waals surface area contributed by atoms with Crippen molar-refractivity contribution in [3.63, 3.8) is 0 Å². The number of hydrogen-bond acceptors (Lipinski definition) is 3. The Morgan fingerprint density at radius 1 is 1.33 bits per heavy atom. The Kier molecular flexibility index (Phi) is 4.97. The third-order valence-corrected chi connectivity index (χ3v) is 5.73. The second-order valence-electron chi connectivity index (χ2n) is 5.00. The van der Waals surface area contributed by atoms with Crippen molar-refractivity contribution in [2.24, 2.45) is 0 Å². The van der Waals surface area contributed by atoms with Gasteiger partial charge in [-0.15, -0.1) is 0 Å². The molecule has 0 spiro atoms. The zero-order valence-corrected chi connectivity index (χ0v) is 12.8. The smallest absolute Gasteiger partial charge is 0.304 e. The van der Waals surface area contributed by atoms with Gasteiger partial charge in [-0.25, -0.2) is 0 Å². The molecule has 0 bridgehead atoms. The van der Waals surface area contributed by atoms with Crippen LogP contribution in [0.1, 0.15) is 24.5 Å². The molecule has 1 aromatic rings. The monoisotopic (exact) mass is 312 g/mol. The van der Waals surface area contributed by atoms with Crippen LogP contribution in [0.15, 0.2) is 24.3 Å². The average Bonchev–Trinajstić information content (AvgIpc) is 2.46. The Balaban J connectivity index is 2.14. The molecule has 1 N–H and O–H groups in total. The molecule has 0 saturated heterocycles. The van der Waals surface area contributed by atoms with Crippen LogP contribution < -0.4 is 0 Å². The van der Waals surface area contributed by atoms with Crippen LogP contribution in [0.3, 0.4) is 0 Å². The van der Waals surface area contributed by atoms with Crippen molar-refractivity contribution < 1.29 is 18.3 Å². The summed E-state index contributed by atoms with van der Waals surface area (Å²) in [5.74, 6) is -0.993. The first-order valence-corrected chi connectivity index (χ1v) is 8.38. The number of hydrogen-bond donors (Lipinski definition) is 1. The van der Waals surface area contributed by atoms with Gasteiger partial charge in [-0.05, 0) is 17.5 Å². The fraction of sp³-hybridized carbons (Fsp3) is 0.500. The van der Waals surface area contributed by atoms with E-state index in [0.29, 0.717) is 19.5 Å². The number of carboxylic acids is 1. The van der Waals surface area contributed by atoms with Crippen molar-refractivity contribution >= 4 is 16.2 Å². The van der Waals surface area contributed by atoms with Crippen LogP contribution in [0.25, 0.3) is 0 Å². The van der Waals surface area contributed by atoms with Crippen LogP contribution in [0.2, 0.25) is 0 Å². The number of aliphatic carboxylic acids is 1. The molecule has 1 aliphatic rings. The van der Waals surface area contributed by atoms with Crippen LogP contribution in [-0.2, 0) is 28.0 Å². The maximum Gasteiger partial charge on any atom is 0.304 e. The minimum Gasteiger partial charge on any atom is -0.481 e. The van der Waals surface area contributed by atoms with Crippen molar-refractivity contribution in [2.75, 3.05) is 19.6 Å². The lowest BCUT2D eigenvalue weighted by Gasteiger charge is -2.32. The highest BCUT2D eigenvalue weighted by atomic mass is 32.2. The van der Waals surface area contributed by atoms with Crippen molar-refractivity contribution in [3.8, 4) is 0 Å². The molecule has 21 heavy (non-hydrogen) atoms. The number of nitrogens with zero attached hydrogens (tertiary/aromatic N) is 2. The summed E-state index contributed by atoms with van der Waals surface area (Å²) in [6.07, 6.45) is 0.503. The Hall–Kier alpha value is -1.44. The van der Waals surface area contributed by atoms with E-state index < -0.39 is 16.2 Å². The van der Waals surface area contributed by atoms with E-state index in [2.05, 4.69) is 0 Å². The molecular formula is C14H20N2O4S. The summed E-state index contributed by atoms with van der Waals surface area (Å²) in [4.78, 5) is 10.7. The standard InChI is InChI=1S/C14H20N2O4S/c1-2-15(10-8-14(17)18)21(19,20)16-9-7-12-5-3-4-6-13(12)11-16/h3-6H,2,7-11H2,1H3,(H,17,18). The molecule has 0 aromatic heterocycles. The first-order valence-electron chi connectivity index (χ1n) is 6.99. The van der Waals surface area contributed by atoms with E-state index >= 15 is 0 Å². The second kappa shape index (κ2) is 6.55. The van der Waals surface area contributed by atoms with Gasteiger partial charge < -0.3 is 5.11 Å². The normalized spacial score (nSPS) is 15.9. The molecule has 0 saturated carbocycles. The Morgan fingerprint density at radius 3 is 2.62 bits per heavy atom. The summed E-state index contributed by atoms with van der Waals surface area (Å²) in [5.41, 5.74) is 2.19. The zero-order valence-electron chi connectivity index (χ0n) is 12.0. The molecule has 7 heteroatoms. The highest BCUT2D eigenvalue weighted by Crippen LogP contribution is 2.22. The van der Waals surface area contributed by atoms with E-state index in [1.165, 1.54) is 14.2 Å². The summed E-state index contributed by atoms with van der Waals surface area (Å²) in [6.45, 7) is 2.78. The van der Waals surface area contributed by atoms with E-state index in [-0.39, 0.29) is 19.5 Å². The predicted molar refractivity (Wildman–Crippen MR) is 79.0 cm³/mol. The van der Waals surface area contributed by atoms with Crippen LogP contribution in [0.5, 0.6) is 0 Å². The maximum atomic E-state index is 12.6. The van der Waals surface area contributed by atoms with Gasteiger partial charge in [0.25, 0.3) is 10.2 Å². The summed E-state index contributed by atoms with van der Waals surface area (Å²) in [6, 6.07) is 7.80. The molecule has 6 nitrogen and oxygen atoms in total. The summed E-state index contributed by atoms with van der Waals surface area (Å²) in [7, 11) is -3.61. The molecule has 0 aliphatic carbocycles. The SMILES string of the molecule is CCN(CCC(=O)O)S(=O)(=O)N1CCc2ccccc2C1. The zero-order chi connectivity index (χ0) is 15.5. The first kappa shape index (κ1) is 15.9. The molecule has 1 aromatic carbocycles. The molecule has 0 amide bonds. The molecule has 1 aliphatic heterocycles. The van der Waals surface area contributed by atoms with Gasteiger partial charge in [0.1, 0.15) is 0 Å². The van der Waals surface area contributed by atoms with Gasteiger partial charge in [0, 0.05) is 26.2 Å². The minimum absolute atomic E-state index is 0.00626. The first-order chi connectivity index (χ1) is 9.95. The van der Waals surface area contributed by atoms with Crippen LogP contribution >= 0.6 is 0 Å². The molecule has 0 atom stereocenters. The van der Waals surface area contributed by atoms with E-state index in [0.717, 1.165) is 5.56 Å². The third-order valence-electron chi connectivity index (χ3n) is 3.68. The number of carbonyl (C=O) groups is 1. The lowest BCUT2D eigenvalue weighted by molar-refractivity contribution is -0.137. The van der Waals surface area contributed by atoms with Gasteiger partial charge in [-0.1, -0.05) is 31.2 Å². The van der Waals surface area contributed by atoms with E-state index in [4.69, 9.17) is 5.11 Å². The Bertz CT molecular complexity index is 615. The van der Waals surface area contributed by atoms with Crippen LogP contribution in [0.4, 0.5) is 0 Å². The van der Waals surface area contributed by atoms with E-state index in [1.54, 1.807) is 6.92 Å². The highest BCUT2D eigenvalue weighted by molar-refractivity contribution is 7.86. The van der Waals surface area contributed by atoms with E-state index in [1.807, 2.05) is 24.3 Å². The summed E-state index contributed by atoms with van der Waals surface area (Å²) >= 11 is 0. The topological polar surface area (TPSA) is 77.9 Å². The van der Waals surface area contributed by atoms with Gasteiger partial charge in [0.2, 0.25) is 0 Å². The Morgan fingerprint density at radius 2 is 2.00 bits per heavy atom. The number of benzene rings is 1. The molecule has 116 valence electrons. The average molecular weight is 312 g/mol. The molecule has 2 rings (SSSR count). The highest BCUT2D eigenvalue weighted by Gasteiger charge is 2.31. The Labute approximate surface area is 125 Å². The maximum absolute atomic E-state index is 12.6. The van der Waals surface area contributed by atoms with Crippen molar-refractivity contribution in [3.05, 3.63) is 35.4 Å². The van der Waals surface area contributed by atoms with Crippen molar-refractivity contribution in [1.29, 1.82) is 0 Å². The van der Waals surface area contributed by atoms with Gasteiger partial charge in [-0.3, -0.25) is 4.79 Å². The molecule has 0 fully saturated rings. The quantitative estimate of drug-likeness (QED) is 0.853. The lowest BCUT2D eigenvalue weighted by atomic mass is 10.0. The number of fused-ring (bicyclic) bond motifs is 1. The van der Waals surface area contributed by atoms with Gasteiger partial charge in [-0.2, -0.15) is 17.0 Å². The number of rotatable bonds is 6. The van der Waals surface area contributed by atoms with Gasteiger partial charge in [0.05, 0.1) is 6.42 Å². The predicted octanol–water partition coefficient (Wildman–Crippen LogP) is 1.09. The van der Waals surface area contributed by atoms with Crippen LogP contribution in [0, 0.1) is 0 Å². The van der Waals surface area contributed by atoms with Crippen LogP contribution in [-0.4, -0.2) is 47.7 Å². The molecule has 1 heterocycles. The molecule has 0 unspecified atom stereocenters. The number of carboxylic acid groups (broad SMARTS) is 1.